The molecule has 0 bridgehead atoms. The Morgan fingerprint density at radius 2 is 2.16 bits per heavy atom. The molecule has 0 fully saturated rings. The van der Waals surface area contributed by atoms with Crippen LogP contribution in [0.25, 0.3) is 10.2 Å². The minimum atomic E-state index is -4.69. The van der Waals surface area contributed by atoms with E-state index in [1.165, 1.54) is 6.07 Å². The van der Waals surface area contributed by atoms with E-state index in [1.54, 1.807) is 6.92 Å². The molecule has 2 aromatic rings. The zero-order valence-electron chi connectivity index (χ0n) is 9.42. The number of hydrogen-bond donors (Lipinski definition) is 0. The van der Waals surface area contributed by atoms with Gasteiger partial charge in [-0.15, -0.1) is 11.3 Å². The van der Waals surface area contributed by atoms with Crippen LogP contribution in [0, 0.1) is 0 Å². The Balaban J connectivity index is 2.54. The maximum Gasteiger partial charge on any atom is 0.451 e. The topological polar surface area (TPSA) is 52.1 Å². The summed E-state index contributed by atoms with van der Waals surface area (Å²) in [6.45, 7) is 1.79. The zero-order valence-corrected chi connectivity index (χ0v) is 11.0. The van der Waals surface area contributed by atoms with Gasteiger partial charge in [-0.05, 0) is 13.0 Å². The quantitative estimate of drug-likeness (QED) is 0.629. The molecule has 4 nitrogen and oxygen atoms in total. The first-order chi connectivity index (χ1) is 8.82. The first kappa shape index (κ1) is 14.0. The molecule has 9 heteroatoms. The van der Waals surface area contributed by atoms with Crippen LogP contribution < -0.4 is 0 Å². The highest BCUT2D eigenvalue weighted by Crippen LogP contribution is 2.33. The van der Waals surface area contributed by atoms with Crippen molar-refractivity contribution in [1.29, 1.82) is 0 Å². The number of fused-ring (bicyclic) bond motifs is 1. The maximum atomic E-state index is 12.5. The van der Waals surface area contributed by atoms with Crippen molar-refractivity contribution in [3.63, 3.8) is 0 Å². The van der Waals surface area contributed by atoms with Gasteiger partial charge in [-0.1, -0.05) is 11.6 Å². The molecule has 0 N–H and O–H groups in total. The van der Waals surface area contributed by atoms with Gasteiger partial charge in [-0.25, -0.2) is 14.8 Å². The molecular weight excluding hydrogens is 305 g/mol. The van der Waals surface area contributed by atoms with E-state index in [0.717, 1.165) is 11.3 Å². The van der Waals surface area contributed by atoms with Crippen molar-refractivity contribution in [1.82, 2.24) is 9.97 Å². The molecule has 0 spiro atoms. The van der Waals surface area contributed by atoms with Crippen molar-refractivity contribution in [2.24, 2.45) is 0 Å². The number of esters is 1. The third-order valence-corrected chi connectivity index (χ3v) is 3.37. The minimum absolute atomic E-state index is 0.00428. The van der Waals surface area contributed by atoms with Crippen LogP contribution in [0.15, 0.2) is 6.07 Å². The van der Waals surface area contributed by atoms with Gasteiger partial charge in [0.25, 0.3) is 0 Å². The first-order valence-electron chi connectivity index (χ1n) is 5.04. The SMILES string of the molecule is CCOC(=O)c1cc2c(Cl)nc(C(F)(F)F)nc2s1. The molecular formula is C10H6ClF3N2O2S. The Morgan fingerprint density at radius 3 is 2.74 bits per heavy atom. The van der Waals surface area contributed by atoms with E-state index < -0.39 is 18.0 Å². The molecule has 0 aliphatic rings. The smallest absolute Gasteiger partial charge is 0.451 e. The van der Waals surface area contributed by atoms with Gasteiger partial charge in [-0.2, -0.15) is 13.2 Å². The van der Waals surface area contributed by atoms with E-state index in [1.807, 2.05) is 0 Å². The average molecular weight is 311 g/mol. The average Bonchev–Trinajstić information content (AvgIpc) is 2.72. The predicted molar refractivity (Wildman–Crippen MR) is 63.4 cm³/mol. The summed E-state index contributed by atoms with van der Waals surface area (Å²) in [5, 5.41) is -0.146. The highest BCUT2D eigenvalue weighted by atomic mass is 35.5. The van der Waals surface area contributed by atoms with E-state index in [0.29, 0.717) is 0 Å². The first-order valence-corrected chi connectivity index (χ1v) is 6.23. The maximum absolute atomic E-state index is 12.5. The Hall–Kier alpha value is -1.41. The second-order valence-corrected chi connectivity index (χ2v) is 4.77. The van der Waals surface area contributed by atoms with Crippen molar-refractivity contribution in [2.45, 2.75) is 13.1 Å². The number of carbonyl (C=O) groups is 1. The lowest BCUT2D eigenvalue weighted by Crippen LogP contribution is -2.10. The Morgan fingerprint density at radius 1 is 1.47 bits per heavy atom. The number of ether oxygens (including phenoxy) is 1. The van der Waals surface area contributed by atoms with Gasteiger partial charge in [0.05, 0.1) is 6.61 Å². The van der Waals surface area contributed by atoms with E-state index in [-0.39, 0.29) is 26.9 Å². The molecule has 0 aromatic carbocycles. The summed E-state index contributed by atoms with van der Waals surface area (Å²) >= 11 is 6.45. The van der Waals surface area contributed by atoms with Gasteiger partial charge < -0.3 is 4.74 Å². The fourth-order valence-corrected chi connectivity index (χ4v) is 2.52. The lowest BCUT2D eigenvalue weighted by Gasteiger charge is -2.04. The van der Waals surface area contributed by atoms with Gasteiger partial charge >= 0.3 is 12.1 Å². The molecule has 0 aliphatic heterocycles. The van der Waals surface area contributed by atoms with Gasteiger partial charge in [0.1, 0.15) is 14.9 Å². The number of aromatic nitrogens is 2. The van der Waals surface area contributed by atoms with Crippen LogP contribution >= 0.6 is 22.9 Å². The lowest BCUT2D eigenvalue weighted by atomic mass is 10.3. The minimum Gasteiger partial charge on any atom is -0.462 e. The van der Waals surface area contributed by atoms with Crippen molar-refractivity contribution in [3.05, 3.63) is 21.9 Å². The van der Waals surface area contributed by atoms with Crippen LogP contribution in [-0.2, 0) is 10.9 Å². The van der Waals surface area contributed by atoms with Crippen LogP contribution in [0.2, 0.25) is 5.15 Å². The fraction of sp³-hybridized carbons (Fsp3) is 0.300. The van der Waals surface area contributed by atoms with Crippen molar-refractivity contribution >= 4 is 39.1 Å². The Kier molecular flexibility index (Phi) is 3.64. The monoisotopic (exact) mass is 310 g/mol. The normalized spacial score (nSPS) is 11.8. The molecule has 0 unspecified atom stereocenters. The predicted octanol–water partition coefficient (Wildman–Crippen LogP) is 3.54. The number of thiophene rings is 1. The molecule has 2 heterocycles. The van der Waals surface area contributed by atoms with E-state index >= 15 is 0 Å². The Labute approximate surface area is 114 Å². The van der Waals surface area contributed by atoms with Crippen LogP contribution in [0.1, 0.15) is 22.4 Å². The van der Waals surface area contributed by atoms with Gasteiger partial charge in [0.15, 0.2) is 0 Å². The third-order valence-electron chi connectivity index (χ3n) is 2.08. The summed E-state index contributed by atoms with van der Waals surface area (Å²) in [7, 11) is 0. The Bertz CT molecular complexity index is 641. The summed E-state index contributed by atoms with van der Waals surface area (Å²) in [4.78, 5) is 18.1. The molecule has 0 radical (unpaired) electrons. The second kappa shape index (κ2) is 4.93. The van der Waals surface area contributed by atoms with Crippen molar-refractivity contribution < 1.29 is 22.7 Å². The number of nitrogens with zero attached hydrogens (tertiary/aromatic N) is 2. The molecule has 102 valence electrons. The van der Waals surface area contributed by atoms with Crippen LogP contribution in [0.4, 0.5) is 13.2 Å². The molecule has 19 heavy (non-hydrogen) atoms. The van der Waals surface area contributed by atoms with Gasteiger partial charge in [0, 0.05) is 5.39 Å². The van der Waals surface area contributed by atoms with Crippen molar-refractivity contribution in [2.75, 3.05) is 6.61 Å². The third kappa shape index (κ3) is 2.79. The molecule has 0 saturated carbocycles. The summed E-state index contributed by atoms with van der Waals surface area (Å²) in [5.74, 6) is -1.96. The van der Waals surface area contributed by atoms with Crippen LogP contribution in [-0.4, -0.2) is 22.5 Å². The highest BCUT2D eigenvalue weighted by Gasteiger charge is 2.35. The fourth-order valence-electron chi connectivity index (χ4n) is 1.32. The van der Waals surface area contributed by atoms with Crippen LogP contribution in [0.5, 0.6) is 0 Å². The van der Waals surface area contributed by atoms with E-state index in [2.05, 4.69) is 9.97 Å². The summed E-state index contributed by atoms with van der Waals surface area (Å²) in [5.41, 5.74) is 0. The number of hydrogen-bond acceptors (Lipinski definition) is 5. The molecule has 0 aliphatic carbocycles. The highest BCUT2D eigenvalue weighted by molar-refractivity contribution is 7.20. The zero-order chi connectivity index (χ0) is 14.2. The van der Waals surface area contributed by atoms with Crippen molar-refractivity contribution in [3.8, 4) is 0 Å². The molecule has 0 atom stereocenters. The summed E-state index contributed by atoms with van der Waals surface area (Å²) in [6.07, 6.45) is -4.69. The lowest BCUT2D eigenvalue weighted by molar-refractivity contribution is -0.144. The largest absolute Gasteiger partial charge is 0.462 e. The molecule has 0 amide bonds. The van der Waals surface area contributed by atoms with Crippen LogP contribution in [0.3, 0.4) is 0 Å². The summed E-state index contributed by atoms with van der Waals surface area (Å²) in [6, 6.07) is 1.32. The van der Waals surface area contributed by atoms with E-state index in [9.17, 15) is 18.0 Å². The number of halogens is 4. The molecule has 2 aromatic heterocycles. The number of carbonyl (C=O) groups excluding carboxylic acids is 1. The second-order valence-electron chi connectivity index (χ2n) is 3.39. The van der Waals surface area contributed by atoms with E-state index in [4.69, 9.17) is 16.3 Å². The molecule has 0 saturated heterocycles. The number of rotatable bonds is 2. The molecule has 2 rings (SSSR count). The van der Waals surface area contributed by atoms with Gasteiger partial charge in [0.2, 0.25) is 5.82 Å². The summed E-state index contributed by atoms with van der Waals surface area (Å²) < 4.78 is 42.3. The standard InChI is InChI=1S/C10H6ClF3N2O2S/c1-2-18-8(17)5-3-4-6(11)15-9(10(12,13)14)16-7(4)19-5/h3H,2H2,1H3. The van der Waals surface area contributed by atoms with Gasteiger partial charge in [-0.3, -0.25) is 0 Å². The number of alkyl halides is 3.